The molecule has 13 heavy (non-hydrogen) atoms. The maximum atomic E-state index is 11.5. The second-order valence-electron chi connectivity index (χ2n) is 3.36. The number of rotatable bonds is 2. The molecule has 0 aromatic heterocycles. The minimum atomic E-state index is -0.543. The van der Waals surface area contributed by atoms with Crippen LogP contribution in [0.25, 0.3) is 0 Å². The third-order valence-electron chi connectivity index (χ3n) is 2.39. The number of likely N-dealkylation sites (tertiary alicyclic amines) is 1. The average Bonchev–Trinajstić information content (AvgIpc) is 2.08. The van der Waals surface area contributed by atoms with Crippen molar-refractivity contribution in [1.29, 1.82) is 0 Å². The van der Waals surface area contributed by atoms with Crippen molar-refractivity contribution in [2.24, 2.45) is 11.5 Å². The van der Waals surface area contributed by atoms with Gasteiger partial charge >= 0.3 is 0 Å². The zero-order valence-corrected chi connectivity index (χ0v) is 7.69. The van der Waals surface area contributed by atoms with Crippen molar-refractivity contribution in [3.8, 4) is 0 Å². The van der Waals surface area contributed by atoms with Crippen LogP contribution >= 0.6 is 0 Å². The highest BCUT2D eigenvalue weighted by molar-refractivity contribution is 5.89. The fourth-order valence-electron chi connectivity index (χ4n) is 1.47. The molecule has 0 bridgehead atoms. The van der Waals surface area contributed by atoms with Gasteiger partial charge in [-0.05, 0) is 19.8 Å². The quantitative estimate of drug-likeness (QED) is 0.567. The fourth-order valence-corrected chi connectivity index (χ4v) is 1.47. The van der Waals surface area contributed by atoms with E-state index in [9.17, 15) is 9.59 Å². The van der Waals surface area contributed by atoms with Gasteiger partial charge in [-0.25, -0.2) is 0 Å². The third kappa shape index (κ3) is 1.98. The molecule has 1 aliphatic heterocycles. The summed E-state index contributed by atoms with van der Waals surface area (Å²) in [6.45, 7) is 2.20. The molecule has 4 N–H and O–H groups in total. The number of nitrogens with zero attached hydrogens (tertiary/aromatic N) is 1. The Labute approximate surface area is 77.1 Å². The van der Waals surface area contributed by atoms with Crippen LogP contribution in [0.2, 0.25) is 0 Å². The molecule has 0 spiro atoms. The van der Waals surface area contributed by atoms with Gasteiger partial charge < -0.3 is 16.4 Å². The third-order valence-corrected chi connectivity index (χ3v) is 2.39. The second kappa shape index (κ2) is 3.74. The number of nitrogens with two attached hydrogens (primary N) is 2. The molecule has 5 nitrogen and oxygen atoms in total. The molecule has 2 amide bonds. The molecule has 1 saturated heterocycles. The molecule has 1 aliphatic rings. The lowest BCUT2D eigenvalue weighted by atomic mass is 10.0. The van der Waals surface area contributed by atoms with Crippen LogP contribution in [0, 0.1) is 0 Å². The summed E-state index contributed by atoms with van der Waals surface area (Å²) in [4.78, 5) is 23.8. The SMILES string of the molecule is C[C@@H](C(N)=O)N1CCC[C@H](N)C1=O. The van der Waals surface area contributed by atoms with Crippen molar-refractivity contribution < 1.29 is 9.59 Å². The molecule has 0 aromatic carbocycles. The Hall–Kier alpha value is -1.10. The highest BCUT2D eigenvalue weighted by atomic mass is 16.2. The van der Waals surface area contributed by atoms with Gasteiger partial charge in [0.05, 0.1) is 6.04 Å². The lowest BCUT2D eigenvalue weighted by molar-refractivity contribution is -0.141. The number of hydrogen-bond acceptors (Lipinski definition) is 3. The minimum Gasteiger partial charge on any atom is -0.368 e. The molecule has 0 aliphatic carbocycles. The van der Waals surface area contributed by atoms with Crippen LogP contribution in [0.5, 0.6) is 0 Å². The van der Waals surface area contributed by atoms with Gasteiger partial charge in [-0.1, -0.05) is 0 Å². The summed E-state index contributed by atoms with van der Waals surface area (Å²) in [5.74, 6) is -0.653. The molecule has 0 radical (unpaired) electrons. The zero-order valence-electron chi connectivity index (χ0n) is 7.69. The van der Waals surface area contributed by atoms with Crippen LogP contribution in [0.1, 0.15) is 19.8 Å². The highest BCUT2D eigenvalue weighted by Gasteiger charge is 2.30. The molecule has 1 rings (SSSR count). The molecule has 0 unspecified atom stereocenters. The van der Waals surface area contributed by atoms with Gasteiger partial charge in [0.25, 0.3) is 0 Å². The van der Waals surface area contributed by atoms with E-state index in [1.165, 1.54) is 4.90 Å². The van der Waals surface area contributed by atoms with Gasteiger partial charge in [-0.15, -0.1) is 0 Å². The predicted molar refractivity (Wildman–Crippen MR) is 47.6 cm³/mol. The number of carbonyl (C=O) groups is 2. The molecule has 2 atom stereocenters. The molecule has 5 heteroatoms. The maximum absolute atomic E-state index is 11.5. The number of amides is 2. The zero-order chi connectivity index (χ0) is 10.0. The van der Waals surface area contributed by atoms with Crippen LogP contribution < -0.4 is 11.5 Å². The summed E-state index contributed by atoms with van der Waals surface area (Å²) in [6.07, 6.45) is 1.53. The summed E-state index contributed by atoms with van der Waals surface area (Å²) in [7, 11) is 0. The first-order valence-electron chi connectivity index (χ1n) is 4.39. The molecule has 74 valence electrons. The number of carbonyl (C=O) groups excluding carboxylic acids is 2. The van der Waals surface area contributed by atoms with Crippen LogP contribution in [-0.2, 0) is 9.59 Å². The summed E-state index contributed by atoms with van der Waals surface area (Å²) < 4.78 is 0. The topological polar surface area (TPSA) is 89.4 Å². The summed E-state index contributed by atoms with van der Waals surface area (Å²) in [6, 6.07) is -1.01. The van der Waals surface area contributed by atoms with Crippen molar-refractivity contribution in [3.05, 3.63) is 0 Å². The van der Waals surface area contributed by atoms with E-state index in [-0.39, 0.29) is 5.91 Å². The van der Waals surface area contributed by atoms with Gasteiger partial charge in [0.2, 0.25) is 11.8 Å². The van der Waals surface area contributed by atoms with E-state index < -0.39 is 18.0 Å². The maximum Gasteiger partial charge on any atom is 0.240 e. The van der Waals surface area contributed by atoms with E-state index >= 15 is 0 Å². The van der Waals surface area contributed by atoms with Crippen molar-refractivity contribution in [2.75, 3.05) is 6.54 Å². The van der Waals surface area contributed by atoms with Crippen molar-refractivity contribution >= 4 is 11.8 Å². The van der Waals surface area contributed by atoms with Crippen molar-refractivity contribution in [3.63, 3.8) is 0 Å². The van der Waals surface area contributed by atoms with Gasteiger partial charge in [0, 0.05) is 6.54 Å². The molecular weight excluding hydrogens is 170 g/mol. The first-order valence-corrected chi connectivity index (χ1v) is 4.39. The van der Waals surface area contributed by atoms with Gasteiger partial charge in [0.15, 0.2) is 0 Å². The normalized spacial score (nSPS) is 25.8. The Bertz CT molecular complexity index is 229. The van der Waals surface area contributed by atoms with Crippen LogP contribution in [0.15, 0.2) is 0 Å². The number of piperidine rings is 1. The Kier molecular flexibility index (Phi) is 2.87. The fraction of sp³-hybridized carbons (Fsp3) is 0.750. The van der Waals surface area contributed by atoms with Crippen LogP contribution in [-0.4, -0.2) is 35.3 Å². The minimum absolute atomic E-state index is 0.169. The van der Waals surface area contributed by atoms with E-state index in [2.05, 4.69) is 0 Å². The Morgan fingerprint density at radius 1 is 1.69 bits per heavy atom. The van der Waals surface area contributed by atoms with Gasteiger partial charge in [0.1, 0.15) is 6.04 Å². The van der Waals surface area contributed by atoms with Crippen molar-refractivity contribution in [1.82, 2.24) is 4.90 Å². The first-order chi connectivity index (χ1) is 6.04. The van der Waals surface area contributed by atoms with E-state index in [1.54, 1.807) is 6.92 Å². The van der Waals surface area contributed by atoms with E-state index in [0.717, 1.165) is 6.42 Å². The number of hydrogen-bond donors (Lipinski definition) is 2. The summed E-state index contributed by atoms with van der Waals surface area (Å²) in [5, 5.41) is 0. The molecular formula is C8H15N3O2. The van der Waals surface area contributed by atoms with E-state index in [4.69, 9.17) is 11.5 Å². The lowest BCUT2D eigenvalue weighted by Gasteiger charge is -2.33. The second-order valence-corrected chi connectivity index (χ2v) is 3.36. The highest BCUT2D eigenvalue weighted by Crippen LogP contribution is 2.12. The first kappa shape index (κ1) is 9.98. The summed E-state index contributed by atoms with van der Waals surface area (Å²) >= 11 is 0. The molecule has 0 saturated carbocycles. The standard InChI is InChI=1S/C8H15N3O2/c1-5(7(10)12)11-4-2-3-6(9)8(11)13/h5-6H,2-4,9H2,1H3,(H2,10,12)/t5-,6-/m0/s1. The number of primary amides is 1. The Morgan fingerprint density at radius 3 is 2.85 bits per heavy atom. The summed E-state index contributed by atoms with van der Waals surface area (Å²) in [5.41, 5.74) is 10.7. The average molecular weight is 185 g/mol. The van der Waals surface area contributed by atoms with Gasteiger partial charge in [-0.2, -0.15) is 0 Å². The largest absolute Gasteiger partial charge is 0.368 e. The smallest absolute Gasteiger partial charge is 0.240 e. The van der Waals surface area contributed by atoms with E-state index in [1.807, 2.05) is 0 Å². The molecule has 0 aromatic rings. The van der Waals surface area contributed by atoms with Crippen LogP contribution in [0.4, 0.5) is 0 Å². The predicted octanol–water partition coefficient (Wildman–Crippen LogP) is -1.19. The molecule has 1 fully saturated rings. The van der Waals surface area contributed by atoms with Crippen LogP contribution in [0.3, 0.4) is 0 Å². The lowest BCUT2D eigenvalue weighted by Crippen LogP contribution is -2.55. The monoisotopic (exact) mass is 185 g/mol. The molecule has 1 heterocycles. The Morgan fingerprint density at radius 2 is 2.31 bits per heavy atom. The van der Waals surface area contributed by atoms with Gasteiger partial charge in [-0.3, -0.25) is 9.59 Å². The van der Waals surface area contributed by atoms with Crippen molar-refractivity contribution in [2.45, 2.75) is 31.8 Å². The van der Waals surface area contributed by atoms with E-state index in [0.29, 0.717) is 13.0 Å². The Balaban J connectivity index is 2.68.